The second-order valence-electron chi connectivity index (χ2n) is 5.79. The van der Waals surface area contributed by atoms with Crippen LogP contribution in [0.25, 0.3) is 0 Å². The summed E-state index contributed by atoms with van der Waals surface area (Å²) in [6, 6.07) is 3.89. The zero-order chi connectivity index (χ0) is 16.7. The summed E-state index contributed by atoms with van der Waals surface area (Å²) in [6.45, 7) is 3.83. The lowest BCUT2D eigenvalue weighted by Gasteiger charge is -2.19. The number of rotatable bonds is 6. The van der Waals surface area contributed by atoms with Crippen LogP contribution in [0.2, 0.25) is 5.02 Å². The van der Waals surface area contributed by atoms with Crippen molar-refractivity contribution in [1.82, 2.24) is 10.2 Å². The van der Waals surface area contributed by atoms with Crippen molar-refractivity contribution in [2.24, 2.45) is 0 Å². The minimum Gasteiger partial charge on any atom is -0.352 e. The van der Waals surface area contributed by atoms with Crippen molar-refractivity contribution < 1.29 is 9.72 Å². The molecule has 1 aliphatic heterocycles. The van der Waals surface area contributed by atoms with E-state index in [-0.39, 0.29) is 22.2 Å². The minimum atomic E-state index is -0.533. The van der Waals surface area contributed by atoms with Crippen molar-refractivity contribution >= 4 is 23.2 Å². The van der Waals surface area contributed by atoms with Crippen LogP contribution in [-0.4, -0.2) is 41.9 Å². The number of nitro benzene ring substituents is 1. The van der Waals surface area contributed by atoms with Gasteiger partial charge in [0.1, 0.15) is 0 Å². The van der Waals surface area contributed by atoms with Crippen molar-refractivity contribution in [2.75, 3.05) is 26.2 Å². The Bertz CT molecular complexity index is 558. The Morgan fingerprint density at radius 2 is 1.96 bits per heavy atom. The number of likely N-dealkylation sites (tertiary alicyclic amines) is 1. The molecule has 0 saturated carbocycles. The largest absolute Gasteiger partial charge is 0.352 e. The van der Waals surface area contributed by atoms with Gasteiger partial charge in [-0.2, -0.15) is 0 Å². The molecule has 7 heteroatoms. The molecule has 0 atom stereocenters. The summed E-state index contributed by atoms with van der Waals surface area (Å²) < 4.78 is 0. The smallest absolute Gasteiger partial charge is 0.270 e. The van der Waals surface area contributed by atoms with Gasteiger partial charge in [-0.05, 0) is 45.0 Å². The lowest BCUT2D eigenvalue weighted by Crippen LogP contribution is -2.30. The number of carbonyl (C=O) groups is 1. The average molecular weight is 340 g/mol. The Morgan fingerprint density at radius 3 is 2.57 bits per heavy atom. The van der Waals surface area contributed by atoms with Crippen LogP contribution in [0.5, 0.6) is 0 Å². The highest BCUT2D eigenvalue weighted by Gasteiger charge is 2.15. The Kier molecular flexibility index (Phi) is 6.80. The van der Waals surface area contributed by atoms with E-state index in [4.69, 9.17) is 11.6 Å². The topological polar surface area (TPSA) is 75.5 Å². The number of nitro groups is 1. The summed E-state index contributed by atoms with van der Waals surface area (Å²) in [7, 11) is 0. The fraction of sp³-hybridized carbons (Fsp3) is 0.562. The first-order chi connectivity index (χ1) is 11.1. The van der Waals surface area contributed by atoms with Crippen LogP contribution < -0.4 is 5.32 Å². The molecule has 23 heavy (non-hydrogen) atoms. The molecule has 1 amide bonds. The lowest BCUT2D eigenvalue weighted by molar-refractivity contribution is -0.384. The maximum absolute atomic E-state index is 12.1. The highest BCUT2D eigenvalue weighted by atomic mass is 35.5. The van der Waals surface area contributed by atoms with Crippen molar-refractivity contribution in [3.63, 3.8) is 0 Å². The molecule has 126 valence electrons. The molecule has 1 aromatic carbocycles. The molecule has 0 aromatic heterocycles. The first-order valence-corrected chi connectivity index (χ1v) is 8.40. The van der Waals surface area contributed by atoms with E-state index in [0.29, 0.717) is 6.54 Å². The van der Waals surface area contributed by atoms with E-state index in [1.54, 1.807) is 0 Å². The molecule has 1 saturated heterocycles. The number of benzene rings is 1. The first-order valence-electron chi connectivity index (χ1n) is 8.02. The molecule has 0 bridgehead atoms. The number of hydrogen-bond donors (Lipinski definition) is 1. The summed E-state index contributed by atoms with van der Waals surface area (Å²) in [6.07, 6.45) is 6.02. The predicted octanol–water partition coefficient (Wildman–Crippen LogP) is 3.24. The highest BCUT2D eigenvalue weighted by molar-refractivity contribution is 6.34. The molecular formula is C16H22ClN3O3. The van der Waals surface area contributed by atoms with Crippen molar-refractivity contribution in [3.8, 4) is 0 Å². The third-order valence-electron chi connectivity index (χ3n) is 4.04. The Morgan fingerprint density at radius 1 is 1.26 bits per heavy atom. The molecule has 6 nitrogen and oxygen atoms in total. The lowest BCUT2D eigenvalue weighted by atomic mass is 10.2. The van der Waals surface area contributed by atoms with Gasteiger partial charge in [-0.15, -0.1) is 0 Å². The summed E-state index contributed by atoms with van der Waals surface area (Å²) in [5, 5.41) is 13.6. The number of hydrogen-bond acceptors (Lipinski definition) is 4. The quantitative estimate of drug-likeness (QED) is 0.490. The Balaban J connectivity index is 1.77. The second kappa shape index (κ2) is 8.84. The molecule has 0 spiro atoms. The zero-order valence-corrected chi connectivity index (χ0v) is 13.8. The molecular weight excluding hydrogens is 318 g/mol. The van der Waals surface area contributed by atoms with Crippen molar-refractivity contribution in [1.29, 1.82) is 0 Å². The van der Waals surface area contributed by atoms with Crippen molar-refractivity contribution in [2.45, 2.75) is 32.1 Å². The van der Waals surface area contributed by atoms with E-state index in [2.05, 4.69) is 10.2 Å². The van der Waals surface area contributed by atoms with Crippen LogP contribution in [0.3, 0.4) is 0 Å². The maximum Gasteiger partial charge on any atom is 0.270 e. The second-order valence-corrected chi connectivity index (χ2v) is 6.19. The van der Waals surface area contributed by atoms with Crippen LogP contribution >= 0.6 is 11.6 Å². The molecule has 1 aliphatic rings. The van der Waals surface area contributed by atoms with Gasteiger partial charge in [0, 0.05) is 18.7 Å². The zero-order valence-electron chi connectivity index (χ0n) is 13.1. The Labute approximate surface area is 141 Å². The van der Waals surface area contributed by atoms with E-state index in [1.807, 2.05) is 0 Å². The molecule has 0 unspecified atom stereocenters. The van der Waals surface area contributed by atoms with Gasteiger partial charge < -0.3 is 10.2 Å². The number of nitrogens with one attached hydrogen (secondary N) is 1. The van der Waals surface area contributed by atoms with Crippen LogP contribution in [-0.2, 0) is 0 Å². The van der Waals surface area contributed by atoms with Gasteiger partial charge in [0.2, 0.25) is 0 Å². The van der Waals surface area contributed by atoms with Gasteiger partial charge >= 0.3 is 0 Å². The number of nitrogens with zero attached hydrogens (tertiary/aromatic N) is 2. The minimum absolute atomic E-state index is 0.101. The van der Waals surface area contributed by atoms with Gasteiger partial charge in [-0.1, -0.05) is 24.4 Å². The summed E-state index contributed by atoms with van der Waals surface area (Å²) in [5.74, 6) is -0.291. The fourth-order valence-electron chi connectivity index (χ4n) is 2.76. The molecule has 1 N–H and O–H groups in total. The molecule has 0 radical (unpaired) electrons. The summed E-state index contributed by atoms with van der Waals surface area (Å²) in [5.41, 5.74) is 0.153. The van der Waals surface area contributed by atoms with Gasteiger partial charge in [-0.25, -0.2) is 0 Å². The number of carbonyl (C=O) groups excluding carboxylic acids is 1. The van der Waals surface area contributed by atoms with E-state index in [9.17, 15) is 14.9 Å². The van der Waals surface area contributed by atoms with Gasteiger partial charge in [0.05, 0.1) is 15.5 Å². The maximum atomic E-state index is 12.1. The number of halogens is 1. The van der Waals surface area contributed by atoms with E-state index in [1.165, 1.54) is 43.9 Å². The van der Waals surface area contributed by atoms with Crippen LogP contribution in [0, 0.1) is 10.1 Å². The van der Waals surface area contributed by atoms with Gasteiger partial charge in [-0.3, -0.25) is 14.9 Å². The normalized spacial score (nSPS) is 15.9. The summed E-state index contributed by atoms with van der Waals surface area (Å²) in [4.78, 5) is 24.6. The highest BCUT2D eigenvalue weighted by Crippen LogP contribution is 2.22. The molecule has 2 rings (SSSR count). The number of non-ortho nitro benzene ring substituents is 1. The van der Waals surface area contributed by atoms with E-state index in [0.717, 1.165) is 26.1 Å². The fourth-order valence-corrected chi connectivity index (χ4v) is 3.02. The SMILES string of the molecule is O=C(NCCCN1CCCCCC1)c1ccc([N+](=O)[O-])cc1Cl. The van der Waals surface area contributed by atoms with Crippen LogP contribution in [0.1, 0.15) is 42.5 Å². The van der Waals surface area contributed by atoms with E-state index < -0.39 is 4.92 Å². The summed E-state index contributed by atoms with van der Waals surface area (Å²) >= 11 is 5.95. The monoisotopic (exact) mass is 339 g/mol. The van der Waals surface area contributed by atoms with Gasteiger partial charge in [0.25, 0.3) is 11.6 Å². The molecule has 1 heterocycles. The molecule has 0 aliphatic carbocycles. The van der Waals surface area contributed by atoms with Crippen LogP contribution in [0.15, 0.2) is 18.2 Å². The third kappa shape index (κ3) is 5.48. The Hall–Kier alpha value is -1.66. The predicted molar refractivity (Wildman–Crippen MR) is 90.0 cm³/mol. The van der Waals surface area contributed by atoms with Gasteiger partial charge in [0.15, 0.2) is 0 Å². The number of amides is 1. The van der Waals surface area contributed by atoms with Crippen LogP contribution in [0.4, 0.5) is 5.69 Å². The standard InChI is InChI=1S/C16H22ClN3O3/c17-15-12-13(20(22)23)6-7-14(15)16(21)18-8-5-11-19-9-3-1-2-4-10-19/h6-7,12H,1-5,8-11H2,(H,18,21). The van der Waals surface area contributed by atoms with E-state index >= 15 is 0 Å². The average Bonchev–Trinajstić information content (AvgIpc) is 2.80. The third-order valence-corrected chi connectivity index (χ3v) is 4.36. The van der Waals surface area contributed by atoms with Crippen molar-refractivity contribution in [3.05, 3.63) is 38.9 Å². The first kappa shape index (κ1) is 17.7. The molecule has 1 fully saturated rings. The molecule has 1 aromatic rings.